The summed E-state index contributed by atoms with van der Waals surface area (Å²) in [7, 11) is 0. The van der Waals surface area contributed by atoms with E-state index in [4.69, 9.17) is 4.74 Å². The van der Waals surface area contributed by atoms with Gasteiger partial charge >= 0.3 is 5.97 Å². The molecule has 0 saturated heterocycles. The highest BCUT2D eigenvalue weighted by molar-refractivity contribution is 5.95. The first kappa shape index (κ1) is 23.0. The Kier molecular flexibility index (Phi) is 7.49. The molecule has 29 heavy (non-hydrogen) atoms. The van der Waals surface area contributed by atoms with E-state index >= 15 is 0 Å². The normalized spacial score (nSPS) is 16.0. The summed E-state index contributed by atoms with van der Waals surface area (Å²) in [5.41, 5.74) is 2.25. The number of hydrogen-bond donors (Lipinski definition) is 4. The van der Waals surface area contributed by atoms with Crippen molar-refractivity contribution in [1.82, 2.24) is 0 Å². The van der Waals surface area contributed by atoms with Gasteiger partial charge in [0.1, 0.15) is 18.1 Å². The second kappa shape index (κ2) is 9.46. The number of rotatable bonds is 9. The van der Waals surface area contributed by atoms with Gasteiger partial charge in [-0.1, -0.05) is 23.3 Å². The van der Waals surface area contributed by atoms with Gasteiger partial charge in [0.2, 0.25) is 0 Å². The van der Waals surface area contributed by atoms with E-state index in [2.05, 4.69) is 6.08 Å². The van der Waals surface area contributed by atoms with E-state index in [1.54, 1.807) is 13.8 Å². The molecule has 0 unspecified atom stereocenters. The molecule has 1 aromatic carbocycles. The summed E-state index contributed by atoms with van der Waals surface area (Å²) in [5, 5.41) is 40.2. The number of cyclic esters (lactones) is 1. The van der Waals surface area contributed by atoms with E-state index < -0.39 is 17.7 Å². The summed E-state index contributed by atoms with van der Waals surface area (Å²) in [5.74, 6) is -0.706. The van der Waals surface area contributed by atoms with Crippen LogP contribution in [0.5, 0.6) is 11.5 Å². The summed E-state index contributed by atoms with van der Waals surface area (Å²) in [6.45, 7) is 7.25. The highest BCUT2D eigenvalue weighted by Gasteiger charge is 2.28. The second-order valence-electron chi connectivity index (χ2n) is 8.38. The number of phenols is 2. The highest BCUT2D eigenvalue weighted by atomic mass is 16.5. The number of hydrogen-bond acceptors (Lipinski definition) is 6. The van der Waals surface area contributed by atoms with Crippen molar-refractivity contribution in [3.8, 4) is 11.5 Å². The fraction of sp³-hybridized carbons (Fsp3) is 0.522. The van der Waals surface area contributed by atoms with Crippen LogP contribution in [0.4, 0.5) is 0 Å². The molecule has 0 bridgehead atoms. The van der Waals surface area contributed by atoms with Crippen molar-refractivity contribution in [1.29, 1.82) is 0 Å². The van der Waals surface area contributed by atoms with Crippen molar-refractivity contribution in [3.63, 3.8) is 0 Å². The molecule has 0 saturated carbocycles. The minimum Gasteiger partial charge on any atom is -0.507 e. The van der Waals surface area contributed by atoms with Gasteiger partial charge in [-0.3, -0.25) is 0 Å². The molecule has 4 N–H and O–H groups in total. The van der Waals surface area contributed by atoms with Crippen LogP contribution in [-0.2, 0) is 17.8 Å². The maximum atomic E-state index is 11.6. The van der Waals surface area contributed by atoms with Crippen LogP contribution in [0.3, 0.4) is 0 Å². The van der Waals surface area contributed by atoms with Gasteiger partial charge in [-0.25, -0.2) is 4.79 Å². The smallest absolute Gasteiger partial charge is 0.339 e. The van der Waals surface area contributed by atoms with Crippen molar-refractivity contribution in [2.24, 2.45) is 0 Å². The summed E-state index contributed by atoms with van der Waals surface area (Å²) in [6.07, 6.45) is 6.63. The highest BCUT2D eigenvalue weighted by Crippen LogP contribution is 2.38. The van der Waals surface area contributed by atoms with Crippen LogP contribution in [0.15, 0.2) is 29.4 Å². The molecular weight excluding hydrogens is 372 g/mol. The zero-order valence-corrected chi connectivity index (χ0v) is 17.7. The van der Waals surface area contributed by atoms with E-state index in [9.17, 15) is 25.2 Å². The minimum atomic E-state index is -1.09. The van der Waals surface area contributed by atoms with Gasteiger partial charge in [0.15, 0.2) is 0 Å². The maximum Gasteiger partial charge on any atom is 0.339 e. The molecule has 1 aliphatic rings. The van der Waals surface area contributed by atoms with Crippen molar-refractivity contribution < 1.29 is 30.0 Å². The molecule has 0 amide bonds. The van der Waals surface area contributed by atoms with Crippen LogP contribution in [-0.4, -0.2) is 38.1 Å². The lowest BCUT2D eigenvalue weighted by atomic mass is 9.95. The average molecular weight is 405 g/mol. The third-order valence-electron chi connectivity index (χ3n) is 5.37. The van der Waals surface area contributed by atoms with Crippen LogP contribution in [0.2, 0.25) is 0 Å². The van der Waals surface area contributed by atoms with E-state index in [0.29, 0.717) is 24.0 Å². The zero-order valence-electron chi connectivity index (χ0n) is 17.7. The van der Waals surface area contributed by atoms with Crippen molar-refractivity contribution >= 4 is 5.97 Å². The van der Waals surface area contributed by atoms with Gasteiger partial charge in [-0.15, -0.1) is 0 Å². The number of carbonyl (C=O) groups is 1. The average Bonchev–Trinajstić information content (AvgIpc) is 2.99. The van der Waals surface area contributed by atoms with E-state index in [-0.39, 0.29) is 23.7 Å². The monoisotopic (exact) mass is 404 g/mol. The summed E-state index contributed by atoms with van der Waals surface area (Å²) >= 11 is 0. The molecule has 0 aromatic heterocycles. The molecule has 1 aliphatic heterocycles. The lowest BCUT2D eigenvalue weighted by Gasteiger charge is -2.24. The van der Waals surface area contributed by atoms with Gasteiger partial charge in [0.05, 0.1) is 17.3 Å². The minimum absolute atomic E-state index is 0.0300. The Morgan fingerprint density at radius 3 is 2.52 bits per heavy atom. The van der Waals surface area contributed by atoms with E-state index in [0.717, 1.165) is 24.8 Å². The molecule has 0 radical (unpaired) electrons. The molecular formula is C23H32O6. The number of benzene rings is 1. The molecule has 1 atom stereocenters. The first-order valence-corrected chi connectivity index (χ1v) is 9.96. The van der Waals surface area contributed by atoms with E-state index in [1.807, 2.05) is 19.9 Å². The van der Waals surface area contributed by atoms with Gasteiger partial charge in [-0.05, 0) is 65.9 Å². The van der Waals surface area contributed by atoms with Crippen LogP contribution < -0.4 is 0 Å². The van der Waals surface area contributed by atoms with Crippen LogP contribution in [0.25, 0.3) is 0 Å². The van der Waals surface area contributed by atoms with Gasteiger partial charge in [-0.2, -0.15) is 0 Å². The first-order valence-electron chi connectivity index (χ1n) is 9.96. The lowest BCUT2D eigenvalue weighted by molar-refractivity contribution is -0.0509. The van der Waals surface area contributed by atoms with Crippen molar-refractivity contribution in [3.05, 3.63) is 46.1 Å². The third kappa shape index (κ3) is 6.08. The Hall–Kier alpha value is -2.31. The van der Waals surface area contributed by atoms with Gasteiger partial charge in [0, 0.05) is 11.1 Å². The number of aromatic hydroxyl groups is 2. The fourth-order valence-corrected chi connectivity index (χ4v) is 3.23. The maximum absolute atomic E-state index is 11.6. The third-order valence-corrected chi connectivity index (χ3v) is 5.37. The largest absolute Gasteiger partial charge is 0.507 e. The number of aliphatic hydroxyl groups is 2. The Balaban J connectivity index is 1.89. The number of phenolic OH excluding ortho intramolecular Hbond substituents is 2. The number of ether oxygens (including phenoxy) is 1. The zero-order chi connectivity index (χ0) is 21.8. The predicted molar refractivity (Wildman–Crippen MR) is 111 cm³/mol. The number of carbonyl (C=O) groups excluding carboxylic acids is 1. The Morgan fingerprint density at radius 2 is 1.86 bits per heavy atom. The molecule has 2 rings (SSSR count). The Labute approximate surface area is 172 Å². The molecule has 6 nitrogen and oxygen atoms in total. The standard InChI is InChI=1S/C23H32O6/c1-14(6-5-7-15(2)9-11-20(25)23(3,4)28)8-10-16-19(24)12-17-18(21(16)26)13-29-22(17)27/h7-8,12,20,24-26,28H,5-6,9-11,13H2,1-4H3/t20-/m0/s1. The summed E-state index contributed by atoms with van der Waals surface area (Å²) in [4.78, 5) is 11.6. The summed E-state index contributed by atoms with van der Waals surface area (Å²) < 4.78 is 4.91. The molecule has 0 aliphatic carbocycles. The molecule has 6 heteroatoms. The molecule has 0 spiro atoms. The van der Waals surface area contributed by atoms with Crippen molar-refractivity contribution in [2.75, 3.05) is 0 Å². The van der Waals surface area contributed by atoms with Crippen molar-refractivity contribution in [2.45, 2.75) is 78.1 Å². The van der Waals surface area contributed by atoms with Crippen LogP contribution in [0.1, 0.15) is 74.9 Å². The van der Waals surface area contributed by atoms with Gasteiger partial charge in [0.25, 0.3) is 0 Å². The second-order valence-corrected chi connectivity index (χ2v) is 8.38. The predicted octanol–water partition coefficient (Wildman–Crippen LogP) is 3.90. The number of allylic oxidation sites excluding steroid dienone is 4. The quantitative estimate of drug-likeness (QED) is 0.367. The van der Waals surface area contributed by atoms with Gasteiger partial charge < -0.3 is 25.2 Å². The fourth-order valence-electron chi connectivity index (χ4n) is 3.23. The topological polar surface area (TPSA) is 107 Å². The SMILES string of the molecule is CC(=CCc1c(O)cc2c(c1O)COC2=O)CCC=C(C)CC[C@H](O)C(C)(C)O. The molecule has 160 valence electrons. The molecule has 0 fully saturated rings. The summed E-state index contributed by atoms with van der Waals surface area (Å²) in [6, 6.07) is 1.36. The molecule has 1 aromatic rings. The number of esters is 1. The van der Waals surface area contributed by atoms with Crippen LogP contribution in [0, 0.1) is 0 Å². The lowest BCUT2D eigenvalue weighted by Crippen LogP contribution is -2.35. The van der Waals surface area contributed by atoms with Crippen LogP contribution >= 0.6 is 0 Å². The Bertz CT molecular complexity index is 814. The first-order chi connectivity index (χ1) is 13.5. The Morgan fingerprint density at radius 1 is 1.21 bits per heavy atom. The number of fused-ring (bicyclic) bond motifs is 1. The number of aliphatic hydroxyl groups excluding tert-OH is 1. The molecule has 1 heterocycles. The van der Waals surface area contributed by atoms with E-state index in [1.165, 1.54) is 11.6 Å².